The van der Waals surface area contributed by atoms with Crippen molar-refractivity contribution in [3.8, 4) is 5.75 Å². The molecule has 6 heteroatoms. The quantitative estimate of drug-likeness (QED) is 0.771. The van der Waals surface area contributed by atoms with Crippen LogP contribution in [0.3, 0.4) is 0 Å². The molecule has 18 heavy (non-hydrogen) atoms. The van der Waals surface area contributed by atoms with E-state index in [-0.39, 0.29) is 4.90 Å². The second-order valence-electron chi connectivity index (χ2n) is 4.27. The number of rotatable bonds is 6. The molecule has 0 aliphatic rings. The first-order valence-electron chi connectivity index (χ1n) is 5.84. The largest absolute Gasteiger partial charge is 0.495 e. The van der Waals surface area contributed by atoms with Crippen LogP contribution < -0.4 is 15.2 Å². The molecule has 0 saturated carbocycles. The first kappa shape index (κ1) is 14.8. The SMILES string of the molecule is CCC(C)CNS(=O)(=O)c1ccc(OC)c(N)c1. The van der Waals surface area contributed by atoms with Crippen LogP contribution in [0.1, 0.15) is 20.3 Å². The van der Waals surface area contributed by atoms with Crippen molar-refractivity contribution in [3.05, 3.63) is 18.2 Å². The monoisotopic (exact) mass is 272 g/mol. The molecule has 0 saturated heterocycles. The molecule has 5 nitrogen and oxygen atoms in total. The minimum Gasteiger partial charge on any atom is -0.495 e. The van der Waals surface area contributed by atoms with Gasteiger partial charge in [-0.05, 0) is 24.1 Å². The van der Waals surface area contributed by atoms with Gasteiger partial charge in [-0.1, -0.05) is 20.3 Å². The molecule has 1 atom stereocenters. The molecule has 1 unspecified atom stereocenters. The highest BCUT2D eigenvalue weighted by atomic mass is 32.2. The molecular weight excluding hydrogens is 252 g/mol. The van der Waals surface area contributed by atoms with Gasteiger partial charge in [-0.25, -0.2) is 13.1 Å². The number of benzene rings is 1. The van der Waals surface area contributed by atoms with E-state index >= 15 is 0 Å². The summed E-state index contributed by atoms with van der Waals surface area (Å²) in [5.74, 6) is 0.770. The summed E-state index contributed by atoms with van der Waals surface area (Å²) in [5, 5.41) is 0. The lowest BCUT2D eigenvalue weighted by molar-refractivity contribution is 0.416. The van der Waals surface area contributed by atoms with Crippen LogP contribution in [0.5, 0.6) is 5.75 Å². The lowest BCUT2D eigenvalue weighted by atomic mass is 10.1. The maximum absolute atomic E-state index is 12.0. The average molecular weight is 272 g/mol. The maximum Gasteiger partial charge on any atom is 0.240 e. The highest BCUT2D eigenvalue weighted by Gasteiger charge is 2.16. The number of hydrogen-bond donors (Lipinski definition) is 2. The number of ether oxygens (including phenoxy) is 1. The Morgan fingerprint density at radius 1 is 1.44 bits per heavy atom. The van der Waals surface area contributed by atoms with Gasteiger partial charge in [0.05, 0.1) is 17.7 Å². The molecule has 0 aliphatic carbocycles. The summed E-state index contributed by atoms with van der Waals surface area (Å²) in [6.07, 6.45) is 0.924. The molecule has 0 aromatic heterocycles. The number of methoxy groups -OCH3 is 1. The molecule has 0 aliphatic heterocycles. The van der Waals surface area contributed by atoms with Gasteiger partial charge in [0.15, 0.2) is 0 Å². The fourth-order valence-corrected chi connectivity index (χ4v) is 2.56. The molecular formula is C12H20N2O3S. The zero-order chi connectivity index (χ0) is 13.8. The predicted molar refractivity (Wildman–Crippen MR) is 72.0 cm³/mol. The molecule has 1 aromatic rings. The third-order valence-electron chi connectivity index (χ3n) is 2.83. The van der Waals surface area contributed by atoms with Crippen molar-refractivity contribution in [2.75, 3.05) is 19.4 Å². The Morgan fingerprint density at radius 3 is 2.61 bits per heavy atom. The first-order valence-corrected chi connectivity index (χ1v) is 7.32. The van der Waals surface area contributed by atoms with Gasteiger partial charge in [0, 0.05) is 6.54 Å². The predicted octanol–water partition coefficient (Wildman–Crippen LogP) is 1.60. The van der Waals surface area contributed by atoms with Crippen molar-refractivity contribution in [2.24, 2.45) is 5.92 Å². The Hall–Kier alpha value is -1.27. The van der Waals surface area contributed by atoms with Crippen LogP contribution in [-0.2, 0) is 10.0 Å². The Balaban J connectivity index is 2.88. The van der Waals surface area contributed by atoms with Crippen molar-refractivity contribution in [1.29, 1.82) is 0 Å². The van der Waals surface area contributed by atoms with Crippen molar-refractivity contribution in [2.45, 2.75) is 25.2 Å². The highest BCUT2D eigenvalue weighted by Crippen LogP contribution is 2.24. The van der Waals surface area contributed by atoms with Crippen LogP contribution in [0.4, 0.5) is 5.69 Å². The standard InChI is InChI=1S/C12H20N2O3S/c1-4-9(2)8-14-18(15,16)10-5-6-12(17-3)11(13)7-10/h5-7,9,14H,4,8,13H2,1-3H3. The van der Waals surface area contributed by atoms with E-state index in [1.807, 2.05) is 13.8 Å². The minimum absolute atomic E-state index is 0.157. The van der Waals surface area contributed by atoms with Crippen molar-refractivity contribution in [3.63, 3.8) is 0 Å². The molecule has 1 aromatic carbocycles. The van der Waals surface area contributed by atoms with Gasteiger partial charge in [0.2, 0.25) is 10.0 Å². The molecule has 0 fully saturated rings. The van der Waals surface area contributed by atoms with Crippen LogP contribution in [0.15, 0.2) is 23.1 Å². The molecule has 0 radical (unpaired) electrons. The Kier molecular flexibility index (Phi) is 4.98. The molecule has 1 rings (SSSR count). The van der Waals surface area contributed by atoms with Crippen molar-refractivity contribution >= 4 is 15.7 Å². The number of nitrogens with two attached hydrogens (primary N) is 1. The Labute approximate surface area is 108 Å². The van der Waals surface area contributed by atoms with Gasteiger partial charge in [0.25, 0.3) is 0 Å². The van der Waals surface area contributed by atoms with E-state index in [0.29, 0.717) is 23.9 Å². The van der Waals surface area contributed by atoms with E-state index in [9.17, 15) is 8.42 Å². The molecule has 0 amide bonds. The third kappa shape index (κ3) is 3.61. The Bertz CT molecular complexity index is 500. The van der Waals surface area contributed by atoms with Gasteiger partial charge in [-0.3, -0.25) is 0 Å². The van der Waals surface area contributed by atoms with Gasteiger partial charge in [-0.2, -0.15) is 0 Å². The van der Waals surface area contributed by atoms with Crippen molar-refractivity contribution < 1.29 is 13.2 Å². The van der Waals surface area contributed by atoms with E-state index < -0.39 is 10.0 Å². The summed E-state index contributed by atoms with van der Waals surface area (Å²) in [7, 11) is -2.01. The number of anilines is 1. The summed E-state index contributed by atoms with van der Waals surface area (Å²) in [4.78, 5) is 0.157. The molecule has 102 valence electrons. The summed E-state index contributed by atoms with van der Waals surface area (Å²) < 4.78 is 31.5. The lowest BCUT2D eigenvalue weighted by Crippen LogP contribution is -2.28. The van der Waals surface area contributed by atoms with Crippen LogP contribution in [-0.4, -0.2) is 22.1 Å². The summed E-state index contributed by atoms with van der Waals surface area (Å²) in [6, 6.07) is 4.43. The van der Waals surface area contributed by atoms with E-state index in [1.165, 1.54) is 19.2 Å². The van der Waals surface area contributed by atoms with Gasteiger partial charge < -0.3 is 10.5 Å². The lowest BCUT2D eigenvalue weighted by Gasteiger charge is -2.12. The van der Waals surface area contributed by atoms with Gasteiger partial charge in [-0.15, -0.1) is 0 Å². The zero-order valence-corrected chi connectivity index (χ0v) is 11.8. The maximum atomic E-state index is 12.0. The molecule has 0 heterocycles. The zero-order valence-electron chi connectivity index (χ0n) is 10.9. The van der Waals surface area contributed by atoms with Gasteiger partial charge >= 0.3 is 0 Å². The summed E-state index contributed by atoms with van der Waals surface area (Å²) >= 11 is 0. The van der Waals surface area contributed by atoms with Crippen molar-refractivity contribution in [1.82, 2.24) is 4.72 Å². The van der Waals surface area contributed by atoms with Crippen LogP contribution in [0.2, 0.25) is 0 Å². The molecule has 0 bridgehead atoms. The van der Waals surface area contributed by atoms with E-state index in [1.54, 1.807) is 6.07 Å². The molecule has 0 spiro atoms. The second kappa shape index (κ2) is 6.06. The number of hydrogen-bond acceptors (Lipinski definition) is 4. The van der Waals surface area contributed by atoms with E-state index in [4.69, 9.17) is 10.5 Å². The third-order valence-corrected chi connectivity index (χ3v) is 4.25. The normalized spacial score (nSPS) is 13.3. The fourth-order valence-electron chi connectivity index (χ4n) is 1.36. The number of sulfonamides is 1. The average Bonchev–Trinajstić information content (AvgIpc) is 2.35. The van der Waals surface area contributed by atoms with Crippen LogP contribution >= 0.6 is 0 Å². The number of nitrogens with one attached hydrogen (secondary N) is 1. The molecule has 3 N–H and O–H groups in total. The smallest absolute Gasteiger partial charge is 0.240 e. The first-order chi connectivity index (χ1) is 8.40. The summed E-state index contributed by atoms with van der Waals surface area (Å²) in [6.45, 7) is 4.43. The van der Waals surface area contributed by atoms with E-state index in [2.05, 4.69) is 4.72 Å². The number of nitrogen functional groups attached to an aromatic ring is 1. The minimum atomic E-state index is -3.50. The van der Waals surface area contributed by atoms with Crippen LogP contribution in [0.25, 0.3) is 0 Å². The summed E-state index contributed by atoms with van der Waals surface area (Å²) in [5.41, 5.74) is 6.00. The van der Waals surface area contributed by atoms with E-state index in [0.717, 1.165) is 6.42 Å². The topological polar surface area (TPSA) is 81.4 Å². The highest BCUT2D eigenvalue weighted by molar-refractivity contribution is 7.89. The fraction of sp³-hybridized carbons (Fsp3) is 0.500. The van der Waals surface area contributed by atoms with Crippen LogP contribution in [0, 0.1) is 5.92 Å². The second-order valence-corrected chi connectivity index (χ2v) is 6.04. The Morgan fingerprint density at radius 2 is 2.11 bits per heavy atom. The van der Waals surface area contributed by atoms with Gasteiger partial charge in [0.1, 0.15) is 5.75 Å².